The predicted molar refractivity (Wildman–Crippen MR) is 75.9 cm³/mol. The number of carbonyl (C=O) groups is 1. The number of carbonyl (C=O) groups excluding carboxylic acids is 1. The van der Waals surface area contributed by atoms with Crippen LogP contribution in [0.15, 0.2) is 24.3 Å². The minimum atomic E-state index is 0.300. The average Bonchev–Trinajstić information content (AvgIpc) is 2.40. The fourth-order valence-corrected chi connectivity index (χ4v) is 2.93. The quantitative estimate of drug-likeness (QED) is 0.737. The molecule has 2 rings (SSSR count). The first-order valence-electron chi connectivity index (χ1n) is 7.34. The molecule has 1 heteroatoms. The van der Waals surface area contributed by atoms with Gasteiger partial charge in [0.2, 0.25) is 0 Å². The SMILES string of the molecule is CC(=O)CCCc1ccc(C2CCCCC2)cc1. The van der Waals surface area contributed by atoms with Crippen molar-refractivity contribution in [1.82, 2.24) is 0 Å². The second kappa shape index (κ2) is 6.72. The van der Waals surface area contributed by atoms with Crippen molar-refractivity contribution in [3.05, 3.63) is 35.4 Å². The van der Waals surface area contributed by atoms with Gasteiger partial charge in [-0.05, 0) is 49.7 Å². The molecule has 1 nitrogen and oxygen atoms in total. The van der Waals surface area contributed by atoms with Gasteiger partial charge in [-0.15, -0.1) is 0 Å². The molecule has 0 radical (unpaired) electrons. The van der Waals surface area contributed by atoms with Crippen LogP contribution in [0.5, 0.6) is 0 Å². The molecule has 1 aromatic carbocycles. The zero-order valence-corrected chi connectivity index (χ0v) is 11.5. The Morgan fingerprint density at radius 2 is 1.78 bits per heavy atom. The highest BCUT2D eigenvalue weighted by Crippen LogP contribution is 2.32. The topological polar surface area (TPSA) is 17.1 Å². The Labute approximate surface area is 111 Å². The molecule has 0 N–H and O–H groups in total. The summed E-state index contributed by atoms with van der Waals surface area (Å²) < 4.78 is 0. The number of benzene rings is 1. The molecule has 1 aromatic rings. The van der Waals surface area contributed by atoms with Crippen LogP contribution >= 0.6 is 0 Å². The van der Waals surface area contributed by atoms with Gasteiger partial charge in [0.1, 0.15) is 5.78 Å². The third kappa shape index (κ3) is 3.97. The van der Waals surface area contributed by atoms with Gasteiger partial charge in [-0.25, -0.2) is 0 Å². The highest BCUT2D eigenvalue weighted by Gasteiger charge is 2.14. The molecule has 0 amide bonds. The molecular weight excluding hydrogens is 220 g/mol. The van der Waals surface area contributed by atoms with E-state index in [1.54, 1.807) is 6.92 Å². The van der Waals surface area contributed by atoms with E-state index in [2.05, 4.69) is 24.3 Å². The maximum atomic E-state index is 10.9. The molecule has 0 aromatic heterocycles. The van der Waals surface area contributed by atoms with Crippen LogP contribution in [0.3, 0.4) is 0 Å². The number of hydrogen-bond donors (Lipinski definition) is 0. The molecule has 0 atom stereocenters. The monoisotopic (exact) mass is 244 g/mol. The lowest BCUT2D eigenvalue weighted by atomic mass is 9.84. The second-order valence-electron chi connectivity index (χ2n) is 5.63. The number of aryl methyl sites for hydroxylation is 1. The van der Waals surface area contributed by atoms with Gasteiger partial charge < -0.3 is 4.79 Å². The summed E-state index contributed by atoms with van der Waals surface area (Å²) in [5.74, 6) is 1.10. The lowest BCUT2D eigenvalue weighted by molar-refractivity contribution is -0.117. The Bertz CT molecular complexity index is 371. The van der Waals surface area contributed by atoms with Crippen molar-refractivity contribution in [1.29, 1.82) is 0 Å². The number of hydrogen-bond acceptors (Lipinski definition) is 1. The molecule has 0 spiro atoms. The Balaban J connectivity index is 1.86. The highest BCUT2D eigenvalue weighted by molar-refractivity contribution is 5.75. The van der Waals surface area contributed by atoms with Gasteiger partial charge in [-0.3, -0.25) is 0 Å². The molecule has 0 aliphatic heterocycles. The average molecular weight is 244 g/mol. The molecule has 0 heterocycles. The van der Waals surface area contributed by atoms with Crippen LogP contribution in [-0.4, -0.2) is 5.78 Å². The Morgan fingerprint density at radius 1 is 1.11 bits per heavy atom. The summed E-state index contributed by atoms with van der Waals surface area (Å²) >= 11 is 0. The van der Waals surface area contributed by atoms with Crippen LogP contribution in [-0.2, 0) is 11.2 Å². The van der Waals surface area contributed by atoms with Crippen LogP contribution in [0.25, 0.3) is 0 Å². The normalized spacial score (nSPS) is 16.7. The van der Waals surface area contributed by atoms with Gasteiger partial charge in [0.15, 0.2) is 0 Å². The van der Waals surface area contributed by atoms with Crippen molar-refractivity contribution in [3.63, 3.8) is 0 Å². The lowest BCUT2D eigenvalue weighted by Crippen LogP contribution is -2.04. The molecule has 1 saturated carbocycles. The van der Waals surface area contributed by atoms with Gasteiger partial charge in [-0.1, -0.05) is 43.5 Å². The van der Waals surface area contributed by atoms with E-state index in [1.165, 1.54) is 43.2 Å². The number of rotatable bonds is 5. The summed E-state index contributed by atoms with van der Waals surface area (Å²) in [6, 6.07) is 9.12. The van der Waals surface area contributed by atoms with E-state index in [0.717, 1.165) is 18.8 Å². The zero-order valence-electron chi connectivity index (χ0n) is 11.5. The molecular formula is C17H24O. The molecule has 1 aliphatic carbocycles. The Morgan fingerprint density at radius 3 is 2.39 bits per heavy atom. The van der Waals surface area contributed by atoms with Crippen molar-refractivity contribution in [2.75, 3.05) is 0 Å². The minimum absolute atomic E-state index is 0.300. The Kier molecular flexibility index (Phi) is 4.98. The number of ketones is 1. The van der Waals surface area contributed by atoms with Crippen molar-refractivity contribution in [2.24, 2.45) is 0 Å². The van der Waals surface area contributed by atoms with Crippen LogP contribution in [0.4, 0.5) is 0 Å². The molecule has 0 saturated heterocycles. The first kappa shape index (κ1) is 13.3. The molecule has 0 unspecified atom stereocenters. The van der Waals surface area contributed by atoms with E-state index in [9.17, 15) is 4.79 Å². The lowest BCUT2D eigenvalue weighted by Gasteiger charge is -2.22. The van der Waals surface area contributed by atoms with Gasteiger partial charge >= 0.3 is 0 Å². The summed E-state index contributed by atoms with van der Waals surface area (Å²) in [5.41, 5.74) is 2.89. The molecule has 1 aliphatic rings. The van der Waals surface area contributed by atoms with E-state index >= 15 is 0 Å². The third-order valence-electron chi connectivity index (χ3n) is 4.05. The molecule has 0 bridgehead atoms. The summed E-state index contributed by atoms with van der Waals surface area (Å²) in [6.45, 7) is 1.67. The van der Waals surface area contributed by atoms with Crippen molar-refractivity contribution < 1.29 is 4.79 Å². The van der Waals surface area contributed by atoms with Gasteiger partial charge in [-0.2, -0.15) is 0 Å². The second-order valence-corrected chi connectivity index (χ2v) is 5.63. The summed E-state index contributed by atoms with van der Waals surface area (Å²) in [5, 5.41) is 0. The summed E-state index contributed by atoms with van der Waals surface area (Å²) in [6.07, 6.45) is 9.66. The minimum Gasteiger partial charge on any atom is -0.300 e. The van der Waals surface area contributed by atoms with E-state index in [-0.39, 0.29) is 0 Å². The first-order chi connectivity index (χ1) is 8.75. The van der Waals surface area contributed by atoms with E-state index < -0.39 is 0 Å². The standard InChI is InChI=1S/C17H24O/c1-14(18)6-5-7-15-10-12-17(13-11-15)16-8-3-2-4-9-16/h10-13,16H,2-9H2,1H3. The van der Waals surface area contributed by atoms with Crippen LogP contribution in [0, 0.1) is 0 Å². The number of Topliss-reactive ketones (excluding diaryl/α,β-unsaturated/α-hetero) is 1. The fourth-order valence-electron chi connectivity index (χ4n) is 2.93. The first-order valence-corrected chi connectivity index (χ1v) is 7.34. The summed E-state index contributed by atoms with van der Waals surface area (Å²) in [7, 11) is 0. The van der Waals surface area contributed by atoms with Crippen LogP contribution in [0.1, 0.15) is 68.9 Å². The Hall–Kier alpha value is -1.11. The van der Waals surface area contributed by atoms with Crippen molar-refractivity contribution in [2.45, 2.75) is 64.2 Å². The summed E-state index contributed by atoms with van der Waals surface area (Å²) in [4.78, 5) is 10.9. The maximum Gasteiger partial charge on any atom is 0.129 e. The molecule has 18 heavy (non-hydrogen) atoms. The van der Waals surface area contributed by atoms with E-state index in [1.807, 2.05) is 0 Å². The third-order valence-corrected chi connectivity index (χ3v) is 4.05. The van der Waals surface area contributed by atoms with Crippen molar-refractivity contribution in [3.8, 4) is 0 Å². The zero-order chi connectivity index (χ0) is 12.8. The fraction of sp³-hybridized carbons (Fsp3) is 0.588. The van der Waals surface area contributed by atoms with Crippen molar-refractivity contribution >= 4 is 5.78 Å². The highest BCUT2D eigenvalue weighted by atomic mass is 16.1. The van der Waals surface area contributed by atoms with Gasteiger partial charge in [0, 0.05) is 6.42 Å². The van der Waals surface area contributed by atoms with Gasteiger partial charge in [0.05, 0.1) is 0 Å². The van der Waals surface area contributed by atoms with Gasteiger partial charge in [0.25, 0.3) is 0 Å². The van der Waals surface area contributed by atoms with E-state index in [4.69, 9.17) is 0 Å². The predicted octanol–water partition coefficient (Wildman–Crippen LogP) is 4.65. The maximum absolute atomic E-state index is 10.9. The molecule has 1 fully saturated rings. The largest absolute Gasteiger partial charge is 0.300 e. The van der Waals surface area contributed by atoms with E-state index in [0.29, 0.717) is 12.2 Å². The van der Waals surface area contributed by atoms with Crippen LogP contribution < -0.4 is 0 Å². The van der Waals surface area contributed by atoms with Crippen LogP contribution in [0.2, 0.25) is 0 Å². The smallest absolute Gasteiger partial charge is 0.129 e. The molecule has 98 valence electrons.